The Morgan fingerprint density at radius 3 is 1.08 bits per heavy atom. The Labute approximate surface area is 604 Å². The average Bonchev–Trinajstić information content (AvgIpc) is 1.50. The van der Waals surface area contributed by atoms with E-state index in [2.05, 4.69) is 398 Å². The Bertz CT molecular complexity index is 6520. The molecule has 2 heteroatoms. The SMILES string of the molecule is c1ccc(-c2ccc(N(c3ccccc3)c3cc4c(c5ccccc35)-c3ccc5c(-c6cccc(N(c7cccc(-c8ccccc8)c7)c7cc8c(c9ccccc79)-c7ccc9ccccc9c7C87c8ccccc8-c8ccccc87)c6)cccc5c3C43c4ccccc4-c4ccccc43)cc2)cc1. The summed E-state index contributed by atoms with van der Waals surface area (Å²) in [7, 11) is 0. The van der Waals surface area contributed by atoms with Crippen LogP contribution in [0.5, 0.6) is 0 Å². The Morgan fingerprint density at radius 2 is 0.529 bits per heavy atom. The highest BCUT2D eigenvalue weighted by Crippen LogP contribution is 2.69. The Kier molecular flexibility index (Phi) is 12.7. The summed E-state index contributed by atoms with van der Waals surface area (Å²) in [4.78, 5) is 5.06. The van der Waals surface area contributed by atoms with E-state index in [-0.39, 0.29) is 0 Å². The predicted octanol–water partition coefficient (Wildman–Crippen LogP) is 26.9. The quantitative estimate of drug-likeness (QED) is 0.142. The van der Waals surface area contributed by atoms with Crippen LogP contribution in [-0.2, 0) is 10.8 Å². The molecule has 0 saturated heterocycles. The van der Waals surface area contributed by atoms with Gasteiger partial charge in [0, 0.05) is 33.5 Å². The molecule has 22 rings (SSSR count). The second kappa shape index (κ2) is 22.6. The van der Waals surface area contributed by atoms with Crippen molar-refractivity contribution in [2.75, 3.05) is 9.80 Å². The molecule has 0 N–H and O–H groups in total. The molecule has 18 aromatic carbocycles. The molecule has 0 saturated carbocycles. The first-order chi connectivity index (χ1) is 51.6. The van der Waals surface area contributed by atoms with Gasteiger partial charge in [-0.3, -0.25) is 0 Å². The molecule has 0 radical (unpaired) electrons. The molecule has 4 aliphatic carbocycles. The van der Waals surface area contributed by atoms with Crippen LogP contribution in [0, 0.1) is 0 Å². The lowest BCUT2D eigenvalue weighted by molar-refractivity contribution is 0.802. The predicted molar refractivity (Wildman–Crippen MR) is 435 cm³/mol. The first-order valence-corrected chi connectivity index (χ1v) is 36.3. The van der Waals surface area contributed by atoms with Crippen LogP contribution in [0.25, 0.3) is 121 Å². The summed E-state index contributed by atoms with van der Waals surface area (Å²) in [6, 6.07) is 147. The van der Waals surface area contributed by atoms with Gasteiger partial charge in [0.2, 0.25) is 0 Å². The van der Waals surface area contributed by atoms with Crippen LogP contribution in [0.4, 0.5) is 34.1 Å². The fourth-order valence-electron chi connectivity index (χ4n) is 19.4. The molecule has 4 aliphatic rings. The van der Waals surface area contributed by atoms with Gasteiger partial charge in [-0.05, 0) is 215 Å². The summed E-state index contributed by atoms with van der Waals surface area (Å²) in [5.41, 5.74) is 33.1. The van der Waals surface area contributed by atoms with E-state index in [1.165, 1.54) is 154 Å². The molecule has 482 valence electrons. The highest BCUT2D eigenvalue weighted by Gasteiger charge is 2.55. The number of nitrogens with zero attached hydrogens (tertiary/aromatic N) is 2. The zero-order valence-electron chi connectivity index (χ0n) is 56.8. The van der Waals surface area contributed by atoms with E-state index >= 15 is 0 Å². The van der Waals surface area contributed by atoms with Gasteiger partial charge in [0.15, 0.2) is 0 Å². The first kappa shape index (κ1) is 58.4. The van der Waals surface area contributed by atoms with E-state index in [9.17, 15) is 0 Å². The van der Waals surface area contributed by atoms with Gasteiger partial charge in [-0.15, -0.1) is 0 Å². The molecule has 0 unspecified atom stereocenters. The minimum atomic E-state index is -0.699. The molecule has 18 aromatic rings. The van der Waals surface area contributed by atoms with E-state index in [1.54, 1.807) is 0 Å². The number of hydrogen-bond donors (Lipinski definition) is 0. The molecule has 0 heterocycles. The van der Waals surface area contributed by atoms with Gasteiger partial charge in [0.05, 0.1) is 22.2 Å². The van der Waals surface area contributed by atoms with Crippen molar-refractivity contribution < 1.29 is 0 Å². The number of hydrogen-bond acceptors (Lipinski definition) is 2. The first-order valence-electron chi connectivity index (χ1n) is 36.3. The third-order valence-corrected chi connectivity index (χ3v) is 23.4. The second-order valence-electron chi connectivity index (χ2n) is 28.4. The molecular formula is C102H64N2. The summed E-state index contributed by atoms with van der Waals surface area (Å²) in [5, 5.41) is 9.80. The van der Waals surface area contributed by atoms with E-state index in [1.807, 2.05) is 0 Å². The second-order valence-corrected chi connectivity index (χ2v) is 28.4. The van der Waals surface area contributed by atoms with E-state index in [0.29, 0.717) is 0 Å². The van der Waals surface area contributed by atoms with Crippen molar-refractivity contribution in [2.45, 2.75) is 10.8 Å². The minimum absolute atomic E-state index is 0.623. The van der Waals surface area contributed by atoms with Crippen LogP contribution in [0.2, 0.25) is 0 Å². The van der Waals surface area contributed by atoms with Crippen LogP contribution in [-0.4, -0.2) is 0 Å². The molecule has 0 aliphatic heterocycles. The maximum absolute atomic E-state index is 2.60. The van der Waals surface area contributed by atoms with Gasteiger partial charge in [0.1, 0.15) is 0 Å². The standard InChI is InChI=1S/C102H64N2/c1-4-27-65(28-5-1)67-53-56-72(57-54-67)103(71-34-8-3-9-35-71)95-63-94-98(84-45-14-12-43-82(84)95)88-60-59-77-75(47-26-48-86(77)100(88)102(94)91-51-22-18-41-80(91)81-42-19-23-52-92(81)102)70-33-25-37-74(62-70)104(73-36-24-32-69(61-73)66-29-6-2-7-30-66)96-64-93-97(85-46-15-13-44-83(85)96)87-58-55-68-31-10-11-38-76(68)99(87)101(93)89-49-20-16-39-78(89)79-40-17-21-50-90(79)101/h1-64H. The zero-order chi connectivity index (χ0) is 68.2. The van der Waals surface area contributed by atoms with Crippen molar-refractivity contribution >= 4 is 77.2 Å². The van der Waals surface area contributed by atoms with Gasteiger partial charge in [-0.1, -0.05) is 328 Å². The zero-order valence-corrected chi connectivity index (χ0v) is 56.8. The van der Waals surface area contributed by atoms with Gasteiger partial charge in [0.25, 0.3) is 0 Å². The third kappa shape index (κ3) is 8.11. The lowest BCUT2D eigenvalue weighted by atomic mass is 9.69. The van der Waals surface area contributed by atoms with Crippen molar-refractivity contribution in [1.82, 2.24) is 0 Å². The van der Waals surface area contributed by atoms with Crippen molar-refractivity contribution in [3.63, 3.8) is 0 Å². The van der Waals surface area contributed by atoms with Crippen LogP contribution in [0.3, 0.4) is 0 Å². The smallest absolute Gasteiger partial charge is 0.0732 e. The Hall–Kier alpha value is -13.4. The van der Waals surface area contributed by atoms with Crippen molar-refractivity contribution in [3.8, 4) is 77.9 Å². The third-order valence-electron chi connectivity index (χ3n) is 23.4. The van der Waals surface area contributed by atoms with Crippen LogP contribution < -0.4 is 9.80 Å². The van der Waals surface area contributed by atoms with Crippen LogP contribution >= 0.6 is 0 Å². The van der Waals surface area contributed by atoms with Gasteiger partial charge >= 0.3 is 0 Å². The number of rotatable bonds is 9. The lowest BCUT2D eigenvalue weighted by Gasteiger charge is -2.34. The highest BCUT2D eigenvalue weighted by atomic mass is 15.2. The normalized spacial score (nSPS) is 13.3. The number of benzene rings is 18. The molecular weight excluding hydrogens is 1250 g/mol. The average molecular weight is 1320 g/mol. The highest BCUT2D eigenvalue weighted by molar-refractivity contribution is 6.18. The van der Waals surface area contributed by atoms with Gasteiger partial charge in [-0.25, -0.2) is 0 Å². The molecule has 0 bridgehead atoms. The minimum Gasteiger partial charge on any atom is -0.310 e. The Balaban J connectivity index is 0.780. The molecule has 2 spiro atoms. The summed E-state index contributed by atoms with van der Waals surface area (Å²) in [6.07, 6.45) is 0. The summed E-state index contributed by atoms with van der Waals surface area (Å²) >= 11 is 0. The monoisotopic (exact) mass is 1320 g/mol. The summed E-state index contributed by atoms with van der Waals surface area (Å²) in [5.74, 6) is 0. The molecule has 2 nitrogen and oxygen atoms in total. The molecule has 0 aromatic heterocycles. The van der Waals surface area contributed by atoms with Crippen LogP contribution in [0.15, 0.2) is 388 Å². The van der Waals surface area contributed by atoms with E-state index in [4.69, 9.17) is 0 Å². The van der Waals surface area contributed by atoms with Gasteiger partial charge in [-0.2, -0.15) is 0 Å². The number of anilines is 6. The fraction of sp³-hybridized carbons (Fsp3) is 0.0196. The van der Waals surface area contributed by atoms with Crippen molar-refractivity contribution in [1.29, 1.82) is 0 Å². The fourth-order valence-corrected chi connectivity index (χ4v) is 19.4. The summed E-state index contributed by atoms with van der Waals surface area (Å²) < 4.78 is 0. The topological polar surface area (TPSA) is 6.48 Å². The maximum Gasteiger partial charge on any atom is 0.0732 e. The van der Waals surface area contributed by atoms with E-state index < -0.39 is 10.8 Å². The Morgan fingerprint density at radius 1 is 0.173 bits per heavy atom. The van der Waals surface area contributed by atoms with Crippen molar-refractivity contribution in [2.24, 2.45) is 0 Å². The number of fused-ring (bicyclic) bond motifs is 28. The van der Waals surface area contributed by atoms with Crippen molar-refractivity contribution in [3.05, 3.63) is 433 Å². The molecule has 0 fully saturated rings. The lowest BCUT2D eigenvalue weighted by Crippen LogP contribution is -2.26. The molecule has 0 amide bonds. The maximum atomic E-state index is 2.60. The van der Waals surface area contributed by atoms with Crippen LogP contribution in [0.1, 0.15) is 44.5 Å². The van der Waals surface area contributed by atoms with Gasteiger partial charge < -0.3 is 9.80 Å². The number of para-hydroxylation sites is 1. The molecule has 0 atom stereocenters. The molecule has 104 heavy (non-hydrogen) atoms. The van der Waals surface area contributed by atoms with E-state index in [0.717, 1.165) is 45.3 Å². The summed E-state index contributed by atoms with van der Waals surface area (Å²) in [6.45, 7) is 0. The largest absolute Gasteiger partial charge is 0.310 e.